The molecule has 0 aromatic heterocycles. The van der Waals surface area contributed by atoms with E-state index in [0.717, 1.165) is 28.8 Å². The lowest BCUT2D eigenvalue weighted by atomic mass is 10.1. The summed E-state index contributed by atoms with van der Waals surface area (Å²) in [4.78, 5) is 26.1. The summed E-state index contributed by atoms with van der Waals surface area (Å²) in [5.74, 6) is 0.0428. The SMILES string of the molecule is CCN(CC)c1ccc(/C=C2\C=C(c3ccc(Br)cc3)OC2=O)c(OC(C)=O)c1. The number of ether oxygens (including phenoxy) is 2. The number of nitrogens with zero attached hydrogens (tertiary/aromatic N) is 1. The van der Waals surface area contributed by atoms with Gasteiger partial charge in [0.1, 0.15) is 11.5 Å². The molecule has 1 heterocycles. The van der Waals surface area contributed by atoms with E-state index in [4.69, 9.17) is 9.47 Å². The van der Waals surface area contributed by atoms with Gasteiger partial charge in [-0.05, 0) is 50.3 Å². The molecule has 0 saturated carbocycles. The Hall–Kier alpha value is -2.86. The smallest absolute Gasteiger partial charge is 0.343 e. The summed E-state index contributed by atoms with van der Waals surface area (Å²) in [5, 5.41) is 0. The Morgan fingerprint density at radius 1 is 1.14 bits per heavy atom. The molecular weight excluding hydrogens is 434 g/mol. The Kier molecular flexibility index (Phi) is 6.54. The predicted octanol–water partition coefficient (Wildman–Crippen LogP) is 5.20. The molecule has 0 fully saturated rings. The third-order valence-electron chi connectivity index (χ3n) is 4.54. The van der Waals surface area contributed by atoms with E-state index >= 15 is 0 Å². The van der Waals surface area contributed by atoms with Gasteiger partial charge in [0.25, 0.3) is 0 Å². The molecule has 0 spiro atoms. The van der Waals surface area contributed by atoms with Crippen LogP contribution >= 0.6 is 15.9 Å². The van der Waals surface area contributed by atoms with E-state index in [1.165, 1.54) is 6.92 Å². The van der Waals surface area contributed by atoms with Gasteiger partial charge in [-0.3, -0.25) is 4.79 Å². The van der Waals surface area contributed by atoms with Gasteiger partial charge >= 0.3 is 11.9 Å². The number of rotatable bonds is 6. The number of hydrogen-bond donors (Lipinski definition) is 0. The molecular formula is C23H22BrNO4. The van der Waals surface area contributed by atoms with Gasteiger partial charge in [-0.25, -0.2) is 4.79 Å². The van der Waals surface area contributed by atoms with Crippen LogP contribution in [0.3, 0.4) is 0 Å². The third kappa shape index (κ3) is 4.95. The van der Waals surface area contributed by atoms with Gasteiger partial charge in [-0.15, -0.1) is 0 Å². The van der Waals surface area contributed by atoms with E-state index in [-0.39, 0.29) is 0 Å². The summed E-state index contributed by atoms with van der Waals surface area (Å²) in [6.07, 6.45) is 3.37. The van der Waals surface area contributed by atoms with Crippen molar-refractivity contribution in [1.29, 1.82) is 0 Å². The van der Waals surface area contributed by atoms with Crippen LogP contribution in [0.25, 0.3) is 11.8 Å². The second kappa shape index (κ2) is 9.09. The van der Waals surface area contributed by atoms with Crippen LogP contribution < -0.4 is 9.64 Å². The van der Waals surface area contributed by atoms with E-state index in [0.29, 0.717) is 22.6 Å². The van der Waals surface area contributed by atoms with Crippen LogP contribution in [0.15, 0.2) is 58.6 Å². The lowest BCUT2D eigenvalue weighted by Gasteiger charge is -2.22. The fourth-order valence-corrected chi connectivity index (χ4v) is 3.35. The molecule has 6 heteroatoms. The number of carbonyl (C=O) groups is 2. The molecule has 0 atom stereocenters. The monoisotopic (exact) mass is 455 g/mol. The van der Waals surface area contributed by atoms with Crippen molar-refractivity contribution in [3.8, 4) is 5.75 Å². The maximum atomic E-state index is 12.4. The topological polar surface area (TPSA) is 55.8 Å². The van der Waals surface area contributed by atoms with Crippen molar-refractivity contribution in [3.63, 3.8) is 0 Å². The Bertz CT molecular complexity index is 988. The molecule has 0 unspecified atom stereocenters. The summed E-state index contributed by atoms with van der Waals surface area (Å²) < 4.78 is 11.8. The first-order valence-corrected chi connectivity index (χ1v) is 10.2. The number of cyclic esters (lactones) is 1. The zero-order valence-electron chi connectivity index (χ0n) is 16.6. The Morgan fingerprint density at radius 2 is 1.83 bits per heavy atom. The second-order valence-electron chi connectivity index (χ2n) is 6.49. The molecule has 2 aromatic rings. The predicted molar refractivity (Wildman–Crippen MR) is 118 cm³/mol. The number of carbonyl (C=O) groups excluding carboxylic acids is 2. The summed E-state index contributed by atoms with van der Waals surface area (Å²) in [5.41, 5.74) is 2.79. The minimum absolute atomic E-state index is 0.395. The lowest BCUT2D eigenvalue weighted by molar-refractivity contribution is -0.132. The van der Waals surface area contributed by atoms with Crippen LogP contribution in [0.2, 0.25) is 0 Å². The highest BCUT2D eigenvalue weighted by atomic mass is 79.9. The molecule has 3 rings (SSSR count). The molecule has 0 saturated heterocycles. The van der Waals surface area contributed by atoms with Gasteiger partial charge in [-0.2, -0.15) is 0 Å². The zero-order chi connectivity index (χ0) is 21.0. The third-order valence-corrected chi connectivity index (χ3v) is 5.07. The molecule has 0 amide bonds. The van der Waals surface area contributed by atoms with Crippen molar-refractivity contribution in [2.75, 3.05) is 18.0 Å². The lowest BCUT2D eigenvalue weighted by Crippen LogP contribution is -2.21. The summed E-state index contributed by atoms with van der Waals surface area (Å²) in [7, 11) is 0. The average molecular weight is 456 g/mol. The van der Waals surface area contributed by atoms with Crippen LogP contribution in [-0.2, 0) is 14.3 Å². The molecule has 1 aliphatic heterocycles. The fraction of sp³-hybridized carbons (Fsp3) is 0.217. The first-order valence-electron chi connectivity index (χ1n) is 9.40. The first kappa shape index (κ1) is 20.9. The highest BCUT2D eigenvalue weighted by molar-refractivity contribution is 9.10. The average Bonchev–Trinajstić information content (AvgIpc) is 3.05. The minimum atomic E-state index is -0.440. The number of esters is 2. The second-order valence-corrected chi connectivity index (χ2v) is 7.41. The van der Waals surface area contributed by atoms with Gasteiger partial charge in [-0.1, -0.05) is 28.1 Å². The van der Waals surface area contributed by atoms with Crippen LogP contribution in [0.1, 0.15) is 31.9 Å². The Labute approximate surface area is 178 Å². The van der Waals surface area contributed by atoms with Crippen molar-refractivity contribution in [2.24, 2.45) is 0 Å². The van der Waals surface area contributed by atoms with E-state index in [9.17, 15) is 9.59 Å². The van der Waals surface area contributed by atoms with Crippen molar-refractivity contribution in [3.05, 3.63) is 69.7 Å². The first-order chi connectivity index (χ1) is 13.9. The minimum Gasteiger partial charge on any atom is -0.426 e. The van der Waals surface area contributed by atoms with Gasteiger partial charge in [0.15, 0.2) is 0 Å². The fourth-order valence-electron chi connectivity index (χ4n) is 3.08. The standard InChI is InChI=1S/C23H22BrNO4/c1-4-25(5-2)20-11-8-17(22(14-20)28-15(3)26)12-18-13-21(29-23(18)27)16-6-9-19(24)10-7-16/h6-14H,4-5H2,1-3H3/b18-12+. The summed E-state index contributed by atoms with van der Waals surface area (Å²) >= 11 is 3.39. The summed E-state index contributed by atoms with van der Waals surface area (Å²) in [6.45, 7) is 7.16. The maximum absolute atomic E-state index is 12.4. The van der Waals surface area contributed by atoms with Crippen molar-refractivity contribution < 1.29 is 19.1 Å². The normalized spacial score (nSPS) is 14.6. The summed E-state index contributed by atoms with van der Waals surface area (Å²) in [6, 6.07) is 13.1. The largest absolute Gasteiger partial charge is 0.426 e. The molecule has 150 valence electrons. The number of benzene rings is 2. The molecule has 5 nitrogen and oxygen atoms in total. The van der Waals surface area contributed by atoms with Gasteiger partial charge < -0.3 is 14.4 Å². The maximum Gasteiger partial charge on any atom is 0.343 e. The molecule has 2 aromatic carbocycles. The van der Waals surface area contributed by atoms with Crippen LogP contribution in [0.5, 0.6) is 5.75 Å². The Morgan fingerprint density at radius 3 is 2.45 bits per heavy atom. The van der Waals surface area contributed by atoms with Crippen LogP contribution in [0.4, 0.5) is 5.69 Å². The number of halogens is 1. The Balaban J connectivity index is 1.98. The van der Waals surface area contributed by atoms with E-state index in [1.807, 2.05) is 42.5 Å². The van der Waals surface area contributed by atoms with E-state index in [2.05, 4.69) is 34.7 Å². The molecule has 0 aliphatic carbocycles. The molecule has 29 heavy (non-hydrogen) atoms. The van der Waals surface area contributed by atoms with E-state index < -0.39 is 11.9 Å². The van der Waals surface area contributed by atoms with Crippen molar-refractivity contribution in [2.45, 2.75) is 20.8 Å². The van der Waals surface area contributed by atoms with E-state index in [1.54, 1.807) is 12.2 Å². The zero-order valence-corrected chi connectivity index (χ0v) is 18.2. The van der Waals surface area contributed by atoms with Crippen molar-refractivity contribution in [1.82, 2.24) is 0 Å². The number of anilines is 1. The van der Waals surface area contributed by atoms with Gasteiger partial charge in [0.2, 0.25) is 0 Å². The molecule has 0 N–H and O–H groups in total. The molecule has 0 bridgehead atoms. The molecule has 1 aliphatic rings. The van der Waals surface area contributed by atoms with Crippen LogP contribution in [0, 0.1) is 0 Å². The van der Waals surface area contributed by atoms with Gasteiger partial charge in [0.05, 0.1) is 5.57 Å². The van der Waals surface area contributed by atoms with Crippen molar-refractivity contribution >= 4 is 45.4 Å². The van der Waals surface area contributed by atoms with Gasteiger partial charge in [0, 0.05) is 47.4 Å². The van der Waals surface area contributed by atoms with Crippen LogP contribution in [-0.4, -0.2) is 25.0 Å². The quantitative estimate of drug-likeness (QED) is 0.340. The molecule has 0 radical (unpaired) electrons. The highest BCUT2D eigenvalue weighted by Crippen LogP contribution is 2.32. The highest BCUT2D eigenvalue weighted by Gasteiger charge is 2.23. The number of hydrogen-bond acceptors (Lipinski definition) is 5.